The first-order valence-electron chi connectivity index (χ1n) is 6.46. The van der Waals surface area contributed by atoms with Crippen molar-refractivity contribution >= 4 is 17.4 Å². The molecule has 21 heavy (non-hydrogen) atoms. The van der Waals surface area contributed by atoms with Crippen molar-refractivity contribution in [2.45, 2.75) is 13.0 Å². The van der Waals surface area contributed by atoms with Crippen LogP contribution in [-0.4, -0.2) is 17.8 Å². The summed E-state index contributed by atoms with van der Waals surface area (Å²) >= 11 is 0. The van der Waals surface area contributed by atoms with Gasteiger partial charge in [0.2, 0.25) is 0 Å². The summed E-state index contributed by atoms with van der Waals surface area (Å²) in [5, 5.41) is 2.68. The van der Waals surface area contributed by atoms with Crippen LogP contribution in [0.15, 0.2) is 42.5 Å². The lowest BCUT2D eigenvalue weighted by atomic mass is 10.0. The van der Waals surface area contributed by atoms with Crippen LogP contribution in [0.1, 0.15) is 22.8 Å². The highest BCUT2D eigenvalue weighted by Gasteiger charge is 2.24. The second kappa shape index (κ2) is 5.01. The third-order valence-electron chi connectivity index (χ3n) is 3.26. The first-order valence-corrected chi connectivity index (χ1v) is 6.46. The van der Waals surface area contributed by atoms with Gasteiger partial charge in [-0.3, -0.25) is 9.59 Å². The largest absolute Gasteiger partial charge is 0.479 e. The topological polar surface area (TPSA) is 55.4 Å². The summed E-state index contributed by atoms with van der Waals surface area (Å²) in [4.78, 5) is 23.9. The van der Waals surface area contributed by atoms with E-state index < -0.39 is 11.9 Å². The number of ether oxygens (including phenoxy) is 1. The molecule has 2 aromatic carbocycles. The first-order chi connectivity index (χ1) is 10.0. The molecule has 1 atom stereocenters. The van der Waals surface area contributed by atoms with E-state index in [1.54, 1.807) is 25.1 Å². The van der Waals surface area contributed by atoms with Crippen molar-refractivity contribution in [3.8, 4) is 5.75 Å². The van der Waals surface area contributed by atoms with Crippen molar-refractivity contribution in [1.29, 1.82) is 0 Å². The molecular weight excluding hydrogens is 273 g/mol. The van der Waals surface area contributed by atoms with E-state index in [1.165, 1.54) is 24.3 Å². The van der Waals surface area contributed by atoms with Gasteiger partial charge in [-0.15, -0.1) is 0 Å². The van der Waals surface area contributed by atoms with Gasteiger partial charge in [0, 0.05) is 11.1 Å². The van der Waals surface area contributed by atoms with E-state index in [9.17, 15) is 14.0 Å². The van der Waals surface area contributed by atoms with Crippen LogP contribution in [0.3, 0.4) is 0 Å². The van der Waals surface area contributed by atoms with E-state index in [2.05, 4.69) is 5.32 Å². The maximum atomic E-state index is 13.2. The summed E-state index contributed by atoms with van der Waals surface area (Å²) in [5.41, 5.74) is 1.06. The van der Waals surface area contributed by atoms with Gasteiger partial charge in [0.05, 0.1) is 5.69 Å². The van der Waals surface area contributed by atoms with Gasteiger partial charge in [-0.05, 0) is 37.3 Å². The van der Waals surface area contributed by atoms with E-state index in [0.29, 0.717) is 17.0 Å². The molecule has 0 aromatic heterocycles. The summed E-state index contributed by atoms with van der Waals surface area (Å²) < 4.78 is 18.6. The van der Waals surface area contributed by atoms with Gasteiger partial charge in [-0.25, -0.2) is 4.39 Å². The molecule has 1 unspecified atom stereocenters. The van der Waals surface area contributed by atoms with Crippen LogP contribution in [0.4, 0.5) is 10.1 Å². The van der Waals surface area contributed by atoms with Crippen molar-refractivity contribution in [3.05, 3.63) is 59.4 Å². The summed E-state index contributed by atoms with van der Waals surface area (Å²) in [7, 11) is 0. The van der Waals surface area contributed by atoms with E-state index in [4.69, 9.17) is 4.74 Å². The van der Waals surface area contributed by atoms with Crippen LogP contribution in [0, 0.1) is 5.82 Å². The van der Waals surface area contributed by atoms with Crippen molar-refractivity contribution in [1.82, 2.24) is 0 Å². The first kappa shape index (κ1) is 13.3. The highest BCUT2D eigenvalue weighted by molar-refractivity contribution is 6.10. The fourth-order valence-electron chi connectivity index (χ4n) is 2.15. The Labute approximate surface area is 120 Å². The molecule has 1 amide bonds. The molecule has 0 bridgehead atoms. The molecule has 1 aliphatic heterocycles. The minimum atomic E-state index is -0.567. The quantitative estimate of drug-likeness (QED) is 0.863. The second-order valence-electron chi connectivity index (χ2n) is 4.80. The molecule has 3 rings (SSSR count). The Hall–Kier alpha value is -2.69. The smallest absolute Gasteiger partial charge is 0.265 e. The highest BCUT2D eigenvalue weighted by Crippen LogP contribution is 2.31. The molecule has 0 saturated heterocycles. The zero-order chi connectivity index (χ0) is 15.0. The minimum absolute atomic E-state index is 0.256. The van der Waals surface area contributed by atoms with E-state index in [0.717, 1.165) is 0 Å². The normalized spacial score (nSPS) is 16.7. The molecular formula is C16H12FNO3. The standard InChI is InChI=1S/C16H12FNO3/c1-9-16(20)18-13-8-11(5-6-14(13)21-9)15(19)10-3-2-4-12(17)7-10/h2-9H,1H3,(H,18,20). The summed E-state index contributed by atoms with van der Waals surface area (Å²) in [5.74, 6) is -0.537. The average Bonchev–Trinajstić information content (AvgIpc) is 2.47. The maximum Gasteiger partial charge on any atom is 0.265 e. The molecule has 0 fully saturated rings. The molecule has 0 saturated carbocycles. The molecule has 5 heteroatoms. The Kier molecular flexibility index (Phi) is 3.17. The summed E-state index contributed by atoms with van der Waals surface area (Å²) in [6, 6.07) is 10.2. The SMILES string of the molecule is CC1Oc2ccc(C(=O)c3cccc(F)c3)cc2NC1=O. The third-order valence-corrected chi connectivity index (χ3v) is 3.26. The second-order valence-corrected chi connectivity index (χ2v) is 4.80. The molecule has 1 aliphatic rings. The van der Waals surface area contributed by atoms with Gasteiger partial charge in [0.1, 0.15) is 11.6 Å². The number of ketones is 1. The van der Waals surface area contributed by atoms with Crippen molar-refractivity contribution < 1.29 is 18.7 Å². The minimum Gasteiger partial charge on any atom is -0.479 e. The fraction of sp³-hybridized carbons (Fsp3) is 0.125. The number of carbonyl (C=O) groups excluding carboxylic acids is 2. The summed E-state index contributed by atoms with van der Waals surface area (Å²) in [6.45, 7) is 1.64. The van der Waals surface area contributed by atoms with Crippen LogP contribution in [0.5, 0.6) is 5.75 Å². The number of amides is 1. The molecule has 0 radical (unpaired) electrons. The number of carbonyl (C=O) groups is 2. The number of anilines is 1. The van der Waals surface area contributed by atoms with Crippen LogP contribution in [0.2, 0.25) is 0 Å². The number of halogens is 1. The Morgan fingerprint density at radius 1 is 1.19 bits per heavy atom. The number of benzene rings is 2. The van der Waals surface area contributed by atoms with Gasteiger partial charge in [-0.1, -0.05) is 12.1 Å². The number of hydrogen-bond donors (Lipinski definition) is 1. The maximum absolute atomic E-state index is 13.2. The zero-order valence-electron chi connectivity index (χ0n) is 11.2. The molecule has 0 aliphatic carbocycles. The van der Waals surface area contributed by atoms with Crippen molar-refractivity contribution in [2.24, 2.45) is 0 Å². The lowest BCUT2D eigenvalue weighted by Crippen LogP contribution is -2.34. The molecule has 106 valence electrons. The predicted octanol–water partition coefficient (Wildman–Crippen LogP) is 2.78. The molecule has 1 N–H and O–H groups in total. The van der Waals surface area contributed by atoms with Gasteiger partial charge >= 0.3 is 0 Å². The van der Waals surface area contributed by atoms with E-state index >= 15 is 0 Å². The van der Waals surface area contributed by atoms with Crippen LogP contribution in [0.25, 0.3) is 0 Å². The van der Waals surface area contributed by atoms with Crippen molar-refractivity contribution in [2.75, 3.05) is 5.32 Å². The Balaban J connectivity index is 1.96. The number of fused-ring (bicyclic) bond motifs is 1. The monoisotopic (exact) mass is 285 g/mol. The van der Waals surface area contributed by atoms with Crippen LogP contribution >= 0.6 is 0 Å². The molecule has 1 heterocycles. The van der Waals surface area contributed by atoms with Crippen LogP contribution in [-0.2, 0) is 4.79 Å². The Morgan fingerprint density at radius 2 is 1.95 bits per heavy atom. The number of nitrogens with one attached hydrogen (secondary N) is 1. The van der Waals surface area contributed by atoms with Gasteiger partial charge < -0.3 is 10.1 Å². The van der Waals surface area contributed by atoms with Gasteiger partial charge in [0.25, 0.3) is 5.91 Å². The zero-order valence-corrected chi connectivity index (χ0v) is 11.2. The van der Waals surface area contributed by atoms with Crippen LogP contribution < -0.4 is 10.1 Å². The van der Waals surface area contributed by atoms with Gasteiger partial charge in [0.15, 0.2) is 11.9 Å². The average molecular weight is 285 g/mol. The Bertz CT molecular complexity index is 742. The summed E-state index contributed by atoms with van der Waals surface area (Å²) in [6.07, 6.45) is -0.567. The number of hydrogen-bond acceptors (Lipinski definition) is 3. The molecule has 0 spiro atoms. The van der Waals surface area contributed by atoms with E-state index in [1.807, 2.05) is 0 Å². The predicted molar refractivity (Wildman–Crippen MR) is 75.0 cm³/mol. The highest BCUT2D eigenvalue weighted by atomic mass is 19.1. The lowest BCUT2D eigenvalue weighted by molar-refractivity contribution is -0.122. The molecule has 4 nitrogen and oxygen atoms in total. The fourth-order valence-corrected chi connectivity index (χ4v) is 2.15. The Morgan fingerprint density at radius 3 is 2.71 bits per heavy atom. The molecule has 2 aromatic rings. The lowest BCUT2D eigenvalue weighted by Gasteiger charge is -2.23. The third kappa shape index (κ3) is 2.50. The van der Waals surface area contributed by atoms with Gasteiger partial charge in [-0.2, -0.15) is 0 Å². The van der Waals surface area contributed by atoms with E-state index in [-0.39, 0.29) is 17.3 Å². The van der Waals surface area contributed by atoms with Crippen molar-refractivity contribution in [3.63, 3.8) is 0 Å². The number of rotatable bonds is 2.